The third-order valence-corrected chi connectivity index (χ3v) is 6.24. The summed E-state index contributed by atoms with van der Waals surface area (Å²) in [5.74, 6) is 0.202. The molecule has 2 aliphatic rings. The van der Waals surface area contributed by atoms with E-state index in [1.54, 1.807) is 11.0 Å². The van der Waals surface area contributed by atoms with E-state index in [0.29, 0.717) is 37.5 Å². The smallest absolute Gasteiger partial charge is 0.243 e. The molecule has 0 radical (unpaired) electrons. The molecule has 0 spiro atoms. The van der Waals surface area contributed by atoms with E-state index in [2.05, 4.69) is 5.32 Å². The fourth-order valence-electron chi connectivity index (χ4n) is 2.96. The summed E-state index contributed by atoms with van der Waals surface area (Å²) in [6.45, 7) is 3.28. The monoisotopic (exact) mass is 367 g/mol. The lowest BCUT2D eigenvalue weighted by atomic mass is 10.3. The summed E-state index contributed by atoms with van der Waals surface area (Å²) in [5, 5.41) is 2.67. The highest BCUT2D eigenvalue weighted by Crippen LogP contribution is 2.31. The van der Waals surface area contributed by atoms with Crippen molar-refractivity contribution in [3.63, 3.8) is 0 Å². The van der Waals surface area contributed by atoms with Crippen molar-refractivity contribution >= 4 is 27.5 Å². The molecule has 2 amide bonds. The Morgan fingerprint density at radius 3 is 2.76 bits per heavy atom. The molecule has 25 heavy (non-hydrogen) atoms. The second kappa shape index (κ2) is 7.01. The zero-order chi connectivity index (χ0) is 18.0. The second-order valence-corrected chi connectivity index (χ2v) is 8.01. The number of hydrogen-bond acceptors (Lipinski definition) is 5. The van der Waals surface area contributed by atoms with Crippen LogP contribution in [-0.2, 0) is 19.6 Å². The first-order chi connectivity index (χ1) is 11.9. The minimum atomic E-state index is -3.71. The SMILES string of the molecule is CC(=O)N1CCCN(S(=O)(=O)c2ccc3c(c2)NC(=O)CCO3)CC1. The third kappa shape index (κ3) is 3.77. The molecule has 8 nitrogen and oxygen atoms in total. The number of amides is 2. The van der Waals surface area contributed by atoms with E-state index < -0.39 is 10.0 Å². The van der Waals surface area contributed by atoms with Crippen molar-refractivity contribution in [2.24, 2.45) is 0 Å². The molecule has 2 aliphatic heterocycles. The van der Waals surface area contributed by atoms with Crippen LogP contribution in [-0.4, -0.2) is 62.2 Å². The first-order valence-corrected chi connectivity index (χ1v) is 9.64. The second-order valence-electron chi connectivity index (χ2n) is 6.07. The molecule has 0 saturated carbocycles. The molecule has 1 fully saturated rings. The summed E-state index contributed by atoms with van der Waals surface area (Å²) in [6, 6.07) is 4.48. The van der Waals surface area contributed by atoms with Crippen molar-refractivity contribution in [1.29, 1.82) is 0 Å². The molecule has 0 bridgehead atoms. The molecule has 3 rings (SSSR count). The van der Waals surface area contributed by atoms with Crippen LogP contribution < -0.4 is 10.1 Å². The minimum absolute atomic E-state index is 0.0517. The number of anilines is 1. The molecule has 0 aliphatic carbocycles. The average Bonchev–Trinajstić information content (AvgIpc) is 2.91. The summed E-state index contributed by atoms with van der Waals surface area (Å²) < 4.78 is 32.7. The Hall–Kier alpha value is -2.13. The maximum absolute atomic E-state index is 12.9. The highest BCUT2D eigenvalue weighted by atomic mass is 32.2. The van der Waals surface area contributed by atoms with Gasteiger partial charge in [0.25, 0.3) is 0 Å². The van der Waals surface area contributed by atoms with Gasteiger partial charge in [-0.2, -0.15) is 4.31 Å². The van der Waals surface area contributed by atoms with Crippen LogP contribution in [0, 0.1) is 0 Å². The first-order valence-electron chi connectivity index (χ1n) is 8.20. The van der Waals surface area contributed by atoms with Crippen molar-refractivity contribution in [2.45, 2.75) is 24.7 Å². The van der Waals surface area contributed by atoms with E-state index in [-0.39, 0.29) is 36.3 Å². The minimum Gasteiger partial charge on any atom is -0.491 e. The first kappa shape index (κ1) is 17.7. The largest absolute Gasteiger partial charge is 0.491 e. The lowest BCUT2D eigenvalue weighted by Crippen LogP contribution is -2.36. The molecule has 2 heterocycles. The molecule has 1 N–H and O–H groups in total. The average molecular weight is 367 g/mol. The number of carbonyl (C=O) groups is 2. The highest BCUT2D eigenvalue weighted by molar-refractivity contribution is 7.89. The fraction of sp³-hybridized carbons (Fsp3) is 0.500. The van der Waals surface area contributed by atoms with Gasteiger partial charge in [-0.3, -0.25) is 9.59 Å². The molecule has 1 aromatic rings. The Morgan fingerprint density at radius 1 is 1.20 bits per heavy atom. The summed E-state index contributed by atoms with van der Waals surface area (Å²) in [7, 11) is -3.71. The van der Waals surface area contributed by atoms with E-state index in [4.69, 9.17) is 4.74 Å². The molecule has 1 saturated heterocycles. The van der Waals surface area contributed by atoms with Crippen LogP contribution in [0.5, 0.6) is 5.75 Å². The highest BCUT2D eigenvalue weighted by Gasteiger charge is 2.28. The van der Waals surface area contributed by atoms with Gasteiger partial charge in [0.2, 0.25) is 21.8 Å². The molecule has 9 heteroatoms. The number of nitrogens with one attached hydrogen (secondary N) is 1. The van der Waals surface area contributed by atoms with E-state index >= 15 is 0 Å². The maximum atomic E-state index is 12.9. The number of ether oxygens (including phenoxy) is 1. The van der Waals surface area contributed by atoms with Gasteiger partial charge >= 0.3 is 0 Å². The maximum Gasteiger partial charge on any atom is 0.243 e. The van der Waals surface area contributed by atoms with E-state index in [1.165, 1.54) is 23.4 Å². The van der Waals surface area contributed by atoms with Crippen LogP contribution in [0.4, 0.5) is 5.69 Å². The van der Waals surface area contributed by atoms with Gasteiger partial charge in [0.15, 0.2) is 0 Å². The third-order valence-electron chi connectivity index (χ3n) is 4.35. The number of carbonyl (C=O) groups excluding carboxylic acids is 2. The molecular formula is C16H21N3O5S. The summed E-state index contributed by atoms with van der Waals surface area (Å²) in [4.78, 5) is 24.9. The van der Waals surface area contributed by atoms with Gasteiger partial charge in [-0.15, -0.1) is 0 Å². The molecule has 0 unspecified atom stereocenters. The van der Waals surface area contributed by atoms with Crippen molar-refractivity contribution in [1.82, 2.24) is 9.21 Å². The lowest BCUT2D eigenvalue weighted by molar-refractivity contribution is -0.128. The zero-order valence-electron chi connectivity index (χ0n) is 14.0. The van der Waals surface area contributed by atoms with Gasteiger partial charge in [0.05, 0.1) is 23.6 Å². The number of rotatable bonds is 2. The summed E-state index contributed by atoms with van der Waals surface area (Å²) in [5.41, 5.74) is 0.365. The standard InChI is InChI=1S/C16H21N3O5S/c1-12(20)18-6-2-7-19(9-8-18)25(22,23)13-3-4-15-14(11-13)17-16(21)5-10-24-15/h3-4,11H,2,5-10H2,1H3,(H,17,21). The van der Waals surface area contributed by atoms with E-state index in [1.807, 2.05) is 0 Å². The summed E-state index contributed by atoms with van der Waals surface area (Å²) >= 11 is 0. The number of benzene rings is 1. The van der Waals surface area contributed by atoms with Crippen LogP contribution >= 0.6 is 0 Å². The Kier molecular flexibility index (Phi) is 4.96. The number of fused-ring (bicyclic) bond motifs is 1. The normalized spacial score (nSPS) is 19.2. The van der Waals surface area contributed by atoms with Crippen molar-refractivity contribution in [3.05, 3.63) is 18.2 Å². The predicted octanol–water partition coefficient (Wildman–Crippen LogP) is 0.651. The van der Waals surface area contributed by atoms with Crippen LogP contribution in [0.3, 0.4) is 0 Å². The quantitative estimate of drug-likeness (QED) is 0.828. The number of sulfonamides is 1. The molecule has 0 aromatic heterocycles. The van der Waals surface area contributed by atoms with Crippen LogP contribution in [0.15, 0.2) is 23.1 Å². The van der Waals surface area contributed by atoms with Gasteiger partial charge in [0.1, 0.15) is 5.75 Å². The Balaban J connectivity index is 1.85. The van der Waals surface area contributed by atoms with Crippen molar-refractivity contribution in [3.8, 4) is 5.75 Å². The zero-order valence-corrected chi connectivity index (χ0v) is 14.8. The van der Waals surface area contributed by atoms with Crippen molar-refractivity contribution < 1.29 is 22.7 Å². The predicted molar refractivity (Wildman–Crippen MR) is 90.8 cm³/mol. The van der Waals surface area contributed by atoms with Crippen molar-refractivity contribution in [2.75, 3.05) is 38.1 Å². The number of nitrogens with zero attached hydrogens (tertiary/aromatic N) is 2. The van der Waals surface area contributed by atoms with Crippen LogP contribution in [0.2, 0.25) is 0 Å². The number of hydrogen-bond donors (Lipinski definition) is 1. The Labute approximate surface area is 146 Å². The Bertz CT molecular complexity index is 793. The topological polar surface area (TPSA) is 96.0 Å². The van der Waals surface area contributed by atoms with Crippen LogP contribution in [0.25, 0.3) is 0 Å². The van der Waals surface area contributed by atoms with Gasteiger partial charge in [-0.1, -0.05) is 0 Å². The van der Waals surface area contributed by atoms with Gasteiger partial charge in [-0.05, 0) is 24.6 Å². The van der Waals surface area contributed by atoms with Gasteiger partial charge in [0, 0.05) is 33.1 Å². The van der Waals surface area contributed by atoms with Crippen LogP contribution in [0.1, 0.15) is 19.8 Å². The molecule has 0 atom stereocenters. The fourth-order valence-corrected chi connectivity index (χ4v) is 4.45. The Morgan fingerprint density at radius 2 is 2.00 bits per heavy atom. The van der Waals surface area contributed by atoms with Gasteiger partial charge in [-0.25, -0.2) is 8.42 Å². The van der Waals surface area contributed by atoms with E-state index in [0.717, 1.165) is 0 Å². The summed E-state index contributed by atoms with van der Waals surface area (Å²) in [6.07, 6.45) is 0.813. The van der Waals surface area contributed by atoms with E-state index in [9.17, 15) is 18.0 Å². The lowest BCUT2D eigenvalue weighted by Gasteiger charge is -2.21. The molecule has 1 aromatic carbocycles. The van der Waals surface area contributed by atoms with Gasteiger partial charge < -0.3 is 15.0 Å². The molecular weight excluding hydrogens is 346 g/mol. The molecule has 136 valence electrons.